The van der Waals surface area contributed by atoms with E-state index in [9.17, 15) is 4.39 Å². The molecule has 0 aliphatic rings. The molecular formula is C9H9FN2S. The quantitative estimate of drug-likeness (QED) is 0.509. The van der Waals surface area contributed by atoms with Crippen LogP contribution in [0.4, 0.5) is 4.39 Å². The number of hydrogen-bond acceptors (Lipinski definition) is 2. The Balaban J connectivity index is 2.96. The van der Waals surface area contributed by atoms with Gasteiger partial charge in [0.25, 0.3) is 0 Å². The van der Waals surface area contributed by atoms with Crippen molar-refractivity contribution in [3.63, 3.8) is 0 Å². The van der Waals surface area contributed by atoms with Crippen molar-refractivity contribution in [3.8, 4) is 0 Å². The Morgan fingerprint density at radius 2 is 2.15 bits per heavy atom. The summed E-state index contributed by atoms with van der Waals surface area (Å²) in [5.74, 6) is -0.399. The normalized spacial score (nSPS) is 9.46. The van der Waals surface area contributed by atoms with Gasteiger partial charge in [-0.2, -0.15) is 0 Å². The molecule has 0 amide bonds. The molecular weight excluding hydrogens is 187 g/mol. The maximum Gasteiger partial charge on any atom is 0.142 e. The van der Waals surface area contributed by atoms with E-state index in [0.29, 0.717) is 10.6 Å². The summed E-state index contributed by atoms with van der Waals surface area (Å²) in [6.45, 7) is 3.66. The lowest BCUT2D eigenvalue weighted by atomic mass is 10.3. The fourth-order valence-corrected chi connectivity index (χ4v) is 1.09. The summed E-state index contributed by atoms with van der Waals surface area (Å²) >= 11 is 4.96. The molecule has 0 bridgehead atoms. The highest BCUT2D eigenvalue weighted by Crippen LogP contribution is 2.04. The van der Waals surface area contributed by atoms with Gasteiger partial charge in [0.05, 0.1) is 6.20 Å². The minimum Gasteiger partial charge on any atom is -0.261 e. The highest BCUT2D eigenvalue weighted by Gasteiger charge is 2.00. The molecule has 1 aromatic rings. The summed E-state index contributed by atoms with van der Waals surface area (Å²) in [6.07, 6.45) is 2.63. The average Bonchev–Trinajstić information content (AvgIpc) is 2.03. The molecule has 0 N–H and O–H groups in total. The van der Waals surface area contributed by atoms with Crippen molar-refractivity contribution in [2.45, 2.75) is 13.8 Å². The summed E-state index contributed by atoms with van der Waals surface area (Å²) in [6, 6.07) is 1.32. The molecule has 1 aromatic heterocycles. The van der Waals surface area contributed by atoms with Crippen molar-refractivity contribution in [3.05, 3.63) is 29.8 Å². The fraction of sp³-hybridized carbons (Fsp3) is 0.222. The number of hydrogen-bond donors (Lipinski definition) is 0. The van der Waals surface area contributed by atoms with Gasteiger partial charge in [-0.15, -0.1) is 0 Å². The molecule has 0 atom stereocenters. The molecule has 0 fully saturated rings. The van der Waals surface area contributed by atoms with Crippen LogP contribution in [0, 0.1) is 5.82 Å². The molecule has 1 heterocycles. The number of aliphatic imine (C=N–C) groups is 1. The summed E-state index contributed by atoms with van der Waals surface area (Å²) in [5.41, 5.74) is 1.38. The van der Waals surface area contributed by atoms with Gasteiger partial charge in [0.15, 0.2) is 0 Å². The number of halogens is 1. The second-order valence-electron chi connectivity index (χ2n) is 2.76. The topological polar surface area (TPSA) is 25.2 Å². The van der Waals surface area contributed by atoms with Crippen molar-refractivity contribution in [2.75, 3.05) is 0 Å². The van der Waals surface area contributed by atoms with E-state index in [4.69, 9.17) is 12.2 Å². The zero-order chi connectivity index (χ0) is 9.84. The van der Waals surface area contributed by atoms with Crippen molar-refractivity contribution in [1.29, 1.82) is 0 Å². The smallest absolute Gasteiger partial charge is 0.142 e. The van der Waals surface area contributed by atoms with E-state index in [0.717, 1.165) is 11.9 Å². The molecule has 0 saturated carbocycles. The Kier molecular flexibility index (Phi) is 3.19. The maximum atomic E-state index is 12.7. The SMILES string of the molecule is CC(C)=NC(=S)c1cncc(F)c1. The summed E-state index contributed by atoms with van der Waals surface area (Å²) in [4.78, 5) is 8.08. The lowest BCUT2D eigenvalue weighted by molar-refractivity contribution is 0.621. The van der Waals surface area contributed by atoms with E-state index >= 15 is 0 Å². The molecule has 68 valence electrons. The number of nitrogens with zero attached hydrogens (tertiary/aromatic N) is 2. The van der Waals surface area contributed by atoms with E-state index in [1.165, 1.54) is 12.3 Å². The second-order valence-corrected chi connectivity index (χ2v) is 3.14. The van der Waals surface area contributed by atoms with Crippen LogP contribution in [0.15, 0.2) is 23.5 Å². The van der Waals surface area contributed by atoms with Crippen LogP contribution in [-0.2, 0) is 0 Å². The first-order valence-corrected chi connectivity index (χ1v) is 4.17. The number of rotatable bonds is 1. The van der Waals surface area contributed by atoms with E-state index < -0.39 is 5.82 Å². The van der Waals surface area contributed by atoms with Crippen LogP contribution in [0.5, 0.6) is 0 Å². The molecule has 2 nitrogen and oxygen atoms in total. The van der Waals surface area contributed by atoms with Crippen molar-refractivity contribution < 1.29 is 4.39 Å². The molecule has 1 rings (SSSR count). The Morgan fingerprint density at radius 1 is 1.46 bits per heavy atom. The van der Waals surface area contributed by atoms with Crippen LogP contribution in [0.3, 0.4) is 0 Å². The highest BCUT2D eigenvalue weighted by molar-refractivity contribution is 7.80. The van der Waals surface area contributed by atoms with Gasteiger partial charge in [-0.3, -0.25) is 4.98 Å². The highest BCUT2D eigenvalue weighted by atomic mass is 32.1. The van der Waals surface area contributed by atoms with Crippen LogP contribution in [0.1, 0.15) is 19.4 Å². The molecule has 0 unspecified atom stereocenters. The molecule has 0 aliphatic heterocycles. The van der Waals surface area contributed by atoms with E-state index in [1.807, 2.05) is 13.8 Å². The predicted octanol–water partition coefficient (Wildman–Crippen LogP) is 2.38. The summed E-state index contributed by atoms with van der Waals surface area (Å²) in [7, 11) is 0. The summed E-state index contributed by atoms with van der Waals surface area (Å²) < 4.78 is 12.7. The monoisotopic (exact) mass is 196 g/mol. The first-order chi connectivity index (χ1) is 6.09. The fourth-order valence-electron chi connectivity index (χ4n) is 0.796. The lowest BCUT2D eigenvalue weighted by Crippen LogP contribution is -1.97. The van der Waals surface area contributed by atoms with Crippen LogP contribution in [0.25, 0.3) is 0 Å². The maximum absolute atomic E-state index is 12.7. The van der Waals surface area contributed by atoms with Crippen molar-refractivity contribution in [1.82, 2.24) is 4.98 Å². The number of pyridine rings is 1. The Hall–Kier alpha value is -1.16. The predicted molar refractivity (Wildman–Crippen MR) is 54.7 cm³/mol. The summed E-state index contributed by atoms with van der Waals surface area (Å²) in [5, 5.41) is 0. The third-order valence-electron chi connectivity index (χ3n) is 1.28. The van der Waals surface area contributed by atoms with Gasteiger partial charge < -0.3 is 0 Å². The van der Waals surface area contributed by atoms with Gasteiger partial charge in [-0.25, -0.2) is 9.38 Å². The van der Waals surface area contributed by atoms with Crippen LogP contribution < -0.4 is 0 Å². The molecule has 0 saturated heterocycles. The van der Waals surface area contributed by atoms with E-state index in [-0.39, 0.29) is 0 Å². The molecule has 13 heavy (non-hydrogen) atoms. The Labute approximate surface area is 81.5 Å². The van der Waals surface area contributed by atoms with Gasteiger partial charge in [0, 0.05) is 17.5 Å². The van der Waals surface area contributed by atoms with Crippen molar-refractivity contribution >= 4 is 22.9 Å². The average molecular weight is 196 g/mol. The molecule has 0 aromatic carbocycles. The van der Waals surface area contributed by atoms with Gasteiger partial charge in [0.1, 0.15) is 10.8 Å². The standard InChI is InChI=1S/C9H9FN2S/c1-6(2)12-9(13)7-3-8(10)5-11-4-7/h3-5H,1-2H3. The number of aromatic nitrogens is 1. The third-order valence-corrected chi connectivity index (χ3v) is 1.60. The van der Waals surface area contributed by atoms with E-state index in [2.05, 4.69) is 9.98 Å². The van der Waals surface area contributed by atoms with Crippen molar-refractivity contribution in [2.24, 2.45) is 4.99 Å². The Bertz CT molecular complexity index is 356. The second kappa shape index (κ2) is 4.18. The van der Waals surface area contributed by atoms with Gasteiger partial charge >= 0.3 is 0 Å². The molecule has 0 spiro atoms. The minimum absolute atomic E-state index is 0.368. The van der Waals surface area contributed by atoms with E-state index in [1.54, 1.807) is 0 Å². The largest absolute Gasteiger partial charge is 0.261 e. The van der Waals surface area contributed by atoms with Gasteiger partial charge in [-0.05, 0) is 19.9 Å². The van der Waals surface area contributed by atoms with Gasteiger partial charge in [0.2, 0.25) is 0 Å². The number of thiocarbonyl (C=S) groups is 1. The Morgan fingerprint density at radius 3 is 2.69 bits per heavy atom. The van der Waals surface area contributed by atoms with Crippen LogP contribution >= 0.6 is 12.2 Å². The zero-order valence-corrected chi connectivity index (χ0v) is 8.23. The van der Waals surface area contributed by atoms with Gasteiger partial charge in [-0.1, -0.05) is 12.2 Å². The van der Waals surface area contributed by atoms with Crippen LogP contribution in [0.2, 0.25) is 0 Å². The zero-order valence-electron chi connectivity index (χ0n) is 7.41. The molecule has 0 aliphatic carbocycles. The lowest BCUT2D eigenvalue weighted by Gasteiger charge is -1.97. The third kappa shape index (κ3) is 2.99. The molecule has 4 heteroatoms. The molecule has 0 radical (unpaired) electrons. The minimum atomic E-state index is -0.399. The van der Waals surface area contributed by atoms with Crippen LogP contribution in [-0.4, -0.2) is 15.7 Å². The first kappa shape index (κ1) is 9.92. The first-order valence-electron chi connectivity index (χ1n) is 3.76.